The van der Waals surface area contributed by atoms with E-state index in [1.165, 1.54) is 0 Å². The van der Waals surface area contributed by atoms with Crippen LogP contribution in [-0.2, 0) is 11.8 Å². The van der Waals surface area contributed by atoms with Crippen molar-refractivity contribution < 1.29 is 23.9 Å². The van der Waals surface area contributed by atoms with Crippen molar-refractivity contribution in [2.75, 3.05) is 28.4 Å². The van der Waals surface area contributed by atoms with Crippen molar-refractivity contribution in [3.63, 3.8) is 0 Å². The molecule has 0 heterocycles. The Morgan fingerprint density at radius 2 is 1.47 bits per heavy atom. The molecular weight excluding hydrogens is 460 g/mol. The first kappa shape index (κ1) is 28.8. The molecule has 0 amide bonds. The molecule has 0 aromatic heterocycles. The van der Waals surface area contributed by atoms with Gasteiger partial charge in [-0.05, 0) is 54.2 Å². The van der Waals surface area contributed by atoms with Gasteiger partial charge in [0.15, 0.2) is 23.0 Å². The van der Waals surface area contributed by atoms with E-state index in [2.05, 4.69) is 19.9 Å². The first-order valence-corrected chi connectivity index (χ1v) is 12.3. The molecule has 0 fully saturated rings. The van der Waals surface area contributed by atoms with Crippen molar-refractivity contribution in [1.29, 1.82) is 5.26 Å². The number of nitriles is 1. The zero-order valence-corrected chi connectivity index (χ0v) is 22.2. The van der Waals surface area contributed by atoms with Crippen LogP contribution in [0.5, 0.6) is 23.0 Å². The number of nitro groups is 1. The predicted molar refractivity (Wildman–Crippen MR) is 139 cm³/mol. The van der Waals surface area contributed by atoms with E-state index >= 15 is 0 Å². The van der Waals surface area contributed by atoms with Gasteiger partial charge in [-0.2, -0.15) is 5.26 Å². The molecule has 2 rings (SSSR count). The summed E-state index contributed by atoms with van der Waals surface area (Å²) < 4.78 is 21.5. The molecule has 36 heavy (non-hydrogen) atoms. The summed E-state index contributed by atoms with van der Waals surface area (Å²) in [4.78, 5) is 11.7. The van der Waals surface area contributed by atoms with Gasteiger partial charge in [0.2, 0.25) is 6.04 Å². The summed E-state index contributed by atoms with van der Waals surface area (Å²) >= 11 is 0. The van der Waals surface area contributed by atoms with Crippen molar-refractivity contribution in [3.8, 4) is 29.1 Å². The normalized spacial score (nSPS) is 13.4. The second-order valence-corrected chi connectivity index (χ2v) is 8.89. The predicted octanol–water partition coefficient (Wildman–Crippen LogP) is 5.98. The number of ether oxygens (including phenoxy) is 4. The van der Waals surface area contributed by atoms with Crippen molar-refractivity contribution in [3.05, 3.63) is 57.6 Å². The molecule has 0 bridgehead atoms. The molecule has 0 aliphatic carbocycles. The number of hydrogen-bond acceptors (Lipinski definition) is 7. The van der Waals surface area contributed by atoms with Crippen LogP contribution in [0, 0.1) is 27.4 Å². The Morgan fingerprint density at radius 1 is 0.917 bits per heavy atom. The van der Waals surface area contributed by atoms with Crippen LogP contribution in [0.25, 0.3) is 0 Å². The molecule has 0 aliphatic heterocycles. The van der Waals surface area contributed by atoms with Gasteiger partial charge in [-0.1, -0.05) is 38.8 Å². The van der Waals surface area contributed by atoms with Crippen LogP contribution in [0.3, 0.4) is 0 Å². The highest BCUT2D eigenvalue weighted by Crippen LogP contribution is 2.43. The molecule has 196 valence electrons. The summed E-state index contributed by atoms with van der Waals surface area (Å²) in [6.45, 7) is 4.16. The van der Waals surface area contributed by atoms with Gasteiger partial charge in [-0.25, -0.2) is 0 Å². The highest BCUT2D eigenvalue weighted by molar-refractivity contribution is 5.47. The molecule has 0 saturated carbocycles. The lowest BCUT2D eigenvalue weighted by atomic mass is 9.66. The van der Waals surface area contributed by atoms with Gasteiger partial charge >= 0.3 is 0 Å². The maximum Gasteiger partial charge on any atom is 0.217 e. The summed E-state index contributed by atoms with van der Waals surface area (Å²) in [6.07, 6.45) is 3.33. The smallest absolute Gasteiger partial charge is 0.217 e. The van der Waals surface area contributed by atoms with Gasteiger partial charge in [0.1, 0.15) is 0 Å². The van der Waals surface area contributed by atoms with E-state index in [0.29, 0.717) is 42.3 Å². The Hall–Kier alpha value is -3.47. The molecule has 0 saturated heterocycles. The maximum absolute atomic E-state index is 11.9. The quantitative estimate of drug-likeness (QED) is 0.220. The molecule has 8 heteroatoms. The topological polar surface area (TPSA) is 104 Å². The average Bonchev–Trinajstić information content (AvgIpc) is 2.91. The van der Waals surface area contributed by atoms with Crippen molar-refractivity contribution in [1.82, 2.24) is 0 Å². The second kappa shape index (κ2) is 13.6. The molecule has 0 aliphatic rings. The largest absolute Gasteiger partial charge is 0.493 e. The Morgan fingerprint density at radius 3 is 1.97 bits per heavy atom. The maximum atomic E-state index is 11.9. The fraction of sp³-hybridized carbons (Fsp3) is 0.536. The van der Waals surface area contributed by atoms with Gasteiger partial charge in [0.25, 0.3) is 0 Å². The minimum atomic E-state index is -0.784. The Bertz CT molecular complexity index is 1050. The van der Waals surface area contributed by atoms with Crippen LogP contribution in [0.1, 0.15) is 57.1 Å². The Kier molecular flexibility index (Phi) is 10.8. The molecule has 2 atom stereocenters. The second-order valence-electron chi connectivity index (χ2n) is 8.89. The highest BCUT2D eigenvalue weighted by Gasteiger charge is 2.40. The third kappa shape index (κ3) is 6.39. The third-order valence-electron chi connectivity index (χ3n) is 7.11. The van der Waals surface area contributed by atoms with Gasteiger partial charge in [-0.3, -0.25) is 10.1 Å². The lowest BCUT2D eigenvalue weighted by molar-refractivity contribution is -0.523. The number of nitrogens with zero attached hydrogens (tertiary/aromatic N) is 2. The number of benzene rings is 2. The molecule has 2 aromatic rings. The van der Waals surface area contributed by atoms with Gasteiger partial charge in [0, 0.05) is 17.8 Å². The average molecular weight is 499 g/mol. The standard InChI is InChI=1S/C28H38N2O6/c1-7-21(8-2)28(19-29,22-12-14-25(34-4)27(18-22)36-6)15-9-10-23(30(31)32)16-20-11-13-24(33-3)26(17-20)35-5/h11-14,17-18,21,23H,7-10,15-16H2,1-6H3. The van der Waals surface area contributed by atoms with Crippen molar-refractivity contribution in [2.45, 2.75) is 63.8 Å². The summed E-state index contributed by atoms with van der Waals surface area (Å²) in [5.41, 5.74) is 0.878. The summed E-state index contributed by atoms with van der Waals surface area (Å²) in [5, 5.41) is 22.4. The van der Waals surface area contributed by atoms with Crippen LogP contribution in [0.15, 0.2) is 36.4 Å². The molecule has 8 nitrogen and oxygen atoms in total. The molecule has 0 N–H and O–H groups in total. The number of hydrogen-bond donors (Lipinski definition) is 0. The van der Waals surface area contributed by atoms with Gasteiger partial charge in [-0.15, -0.1) is 0 Å². The summed E-state index contributed by atoms with van der Waals surface area (Å²) in [6, 6.07) is 12.8. The van der Waals surface area contributed by atoms with E-state index in [1.54, 1.807) is 40.6 Å². The van der Waals surface area contributed by atoms with E-state index in [-0.39, 0.29) is 17.3 Å². The Labute approximate surface area is 214 Å². The van der Waals surface area contributed by atoms with Crippen LogP contribution in [0.4, 0.5) is 0 Å². The Balaban J connectivity index is 2.30. The van der Waals surface area contributed by atoms with E-state index < -0.39 is 11.5 Å². The first-order valence-electron chi connectivity index (χ1n) is 12.3. The molecule has 2 aromatic carbocycles. The fourth-order valence-corrected chi connectivity index (χ4v) is 5.07. The zero-order chi connectivity index (χ0) is 26.7. The number of methoxy groups -OCH3 is 4. The molecule has 2 unspecified atom stereocenters. The van der Waals surface area contributed by atoms with E-state index in [0.717, 1.165) is 24.0 Å². The number of rotatable bonds is 15. The first-order chi connectivity index (χ1) is 17.3. The summed E-state index contributed by atoms with van der Waals surface area (Å²) in [5.74, 6) is 2.39. The molecule has 0 spiro atoms. The zero-order valence-electron chi connectivity index (χ0n) is 22.2. The lowest BCUT2D eigenvalue weighted by Crippen LogP contribution is -2.34. The SMILES string of the molecule is CCC(CC)C(C#N)(CCCC(Cc1ccc(OC)c(OC)c1)[N+](=O)[O-])c1ccc(OC)c(OC)c1. The van der Waals surface area contributed by atoms with Gasteiger partial charge in [0.05, 0.1) is 39.9 Å². The molecule has 0 radical (unpaired) electrons. The van der Waals surface area contributed by atoms with Crippen molar-refractivity contribution >= 4 is 0 Å². The summed E-state index contributed by atoms with van der Waals surface area (Å²) in [7, 11) is 6.24. The molecular formula is C28H38N2O6. The minimum absolute atomic E-state index is 0.0977. The van der Waals surface area contributed by atoms with Crippen LogP contribution in [-0.4, -0.2) is 39.4 Å². The van der Waals surface area contributed by atoms with Crippen molar-refractivity contribution in [2.24, 2.45) is 5.92 Å². The third-order valence-corrected chi connectivity index (χ3v) is 7.11. The van der Waals surface area contributed by atoms with E-state index in [9.17, 15) is 15.4 Å². The van der Waals surface area contributed by atoms with Crippen LogP contribution >= 0.6 is 0 Å². The monoisotopic (exact) mass is 498 g/mol. The fourth-order valence-electron chi connectivity index (χ4n) is 5.07. The van der Waals surface area contributed by atoms with E-state index in [1.807, 2.05) is 24.3 Å². The van der Waals surface area contributed by atoms with Crippen LogP contribution in [0.2, 0.25) is 0 Å². The van der Waals surface area contributed by atoms with E-state index in [4.69, 9.17) is 18.9 Å². The van der Waals surface area contributed by atoms with Gasteiger partial charge < -0.3 is 18.9 Å². The minimum Gasteiger partial charge on any atom is -0.493 e. The van der Waals surface area contributed by atoms with Crippen LogP contribution < -0.4 is 18.9 Å². The highest BCUT2D eigenvalue weighted by atomic mass is 16.6. The lowest BCUT2D eigenvalue weighted by Gasteiger charge is -2.35.